The maximum absolute atomic E-state index is 12.1. The Balaban J connectivity index is 1.60. The smallest absolute Gasteiger partial charge is 0.363 e. The summed E-state index contributed by atoms with van der Waals surface area (Å²) in [6, 6.07) is 11.8. The predicted molar refractivity (Wildman–Crippen MR) is 91.0 cm³/mol. The van der Waals surface area contributed by atoms with Crippen molar-refractivity contribution < 1.29 is 28.5 Å². The molecule has 7 nitrogen and oxygen atoms in total. The molecule has 0 fully saturated rings. The molecule has 0 aliphatic carbocycles. The highest BCUT2D eigenvalue weighted by molar-refractivity contribution is 6.13. The highest BCUT2D eigenvalue weighted by Gasteiger charge is 2.25. The fourth-order valence-corrected chi connectivity index (χ4v) is 2.55. The number of carbonyl (C=O) groups excluding carboxylic acids is 2. The topological polar surface area (TPSA) is 83.4 Å². The highest BCUT2D eigenvalue weighted by Crippen LogP contribution is 2.33. The number of carbonyl (C=O) groups is 2. The van der Waals surface area contributed by atoms with Crippen LogP contribution >= 0.6 is 0 Å². The lowest BCUT2D eigenvalue weighted by Crippen LogP contribution is -2.05. The molecule has 130 valence electrons. The van der Waals surface area contributed by atoms with Gasteiger partial charge in [-0.05, 0) is 42.0 Å². The summed E-state index contributed by atoms with van der Waals surface area (Å²) in [4.78, 5) is 27.8. The molecular weight excluding hydrogens is 338 g/mol. The van der Waals surface area contributed by atoms with Gasteiger partial charge in [0.25, 0.3) is 0 Å². The quantitative estimate of drug-likeness (QED) is 0.624. The van der Waals surface area contributed by atoms with E-state index in [0.717, 1.165) is 0 Å². The number of hydrogen-bond acceptors (Lipinski definition) is 7. The molecule has 0 amide bonds. The highest BCUT2D eigenvalue weighted by atomic mass is 16.7. The van der Waals surface area contributed by atoms with Crippen LogP contribution in [0.4, 0.5) is 0 Å². The zero-order valence-electron chi connectivity index (χ0n) is 13.7. The van der Waals surface area contributed by atoms with Crippen LogP contribution in [0.3, 0.4) is 0 Å². The average Bonchev–Trinajstić information content (AvgIpc) is 3.28. The van der Waals surface area contributed by atoms with Gasteiger partial charge in [-0.3, -0.25) is 0 Å². The SMILES string of the molecule is COC(=O)c1ccc(C=C2N=C(c3ccc4c(c3)OCO4)OC2=O)cc1. The Labute approximate surface area is 148 Å². The van der Waals surface area contributed by atoms with E-state index in [4.69, 9.17) is 14.2 Å². The van der Waals surface area contributed by atoms with Crippen LogP contribution in [0.5, 0.6) is 11.5 Å². The molecule has 0 bridgehead atoms. The first-order valence-corrected chi connectivity index (χ1v) is 7.75. The normalized spacial score (nSPS) is 16.4. The minimum absolute atomic E-state index is 0.164. The first kappa shape index (κ1) is 15.9. The van der Waals surface area contributed by atoms with Gasteiger partial charge < -0.3 is 18.9 Å². The van der Waals surface area contributed by atoms with Crippen molar-refractivity contribution in [2.45, 2.75) is 0 Å². The molecule has 0 aromatic heterocycles. The van der Waals surface area contributed by atoms with Crippen LogP contribution in [0.15, 0.2) is 53.2 Å². The van der Waals surface area contributed by atoms with Crippen LogP contribution in [0.1, 0.15) is 21.5 Å². The van der Waals surface area contributed by atoms with Gasteiger partial charge in [0.05, 0.1) is 12.7 Å². The molecule has 0 atom stereocenters. The molecule has 2 aliphatic heterocycles. The molecule has 0 unspecified atom stereocenters. The summed E-state index contributed by atoms with van der Waals surface area (Å²) >= 11 is 0. The number of fused-ring (bicyclic) bond motifs is 1. The van der Waals surface area contributed by atoms with Gasteiger partial charge in [0.1, 0.15) is 0 Å². The molecule has 2 heterocycles. The zero-order valence-corrected chi connectivity index (χ0v) is 13.7. The number of ether oxygens (including phenoxy) is 4. The van der Waals surface area contributed by atoms with Crippen molar-refractivity contribution in [3.05, 3.63) is 64.9 Å². The summed E-state index contributed by atoms with van der Waals surface area (Å²) < 4.78 is 20.5. The summed E-state index contributed by atoms with van der Waals surface area (Å²) in [5.41, 5.74) is 1.92. The second-order valence-electron chi connectivity index (χ2n) is 5.52. The third kappa shape index (κ3) is 2.90. The van der Waals surface area contributed by atoms with Gasteiger partial charge in [0, 0.05) is 5.56 Å². The second kappa shape index (κ2) is 6.36. The number of rotatable bonds is 3. The Bertz CT molecular complexity index is 958. The monoisotopic (exact) mass is 351 g/mol. The number of aliphatic imine (C=N–C) groups is 1. The maximum atomic E-state index is 12.1. The standard InChI is InChI=1S/C19H13NO6/c1-23-18(21)12-4-2-11(3-5-12)8-14-19(22)26-17(20-14)13-6-7-15-16(9-13)25-10-24-15/h2-9H,10H2,1H3. The number of esters is 2. The lowest BCUT2D eigenvalue weighted by molar-refractivity contribution is -0.129. The van der Waals surface area contributed by atoms with E-state index in [1.165, 1.54) is 7.11 Å². The average molecular weight is 351 g/mol. The maximum Gasteiger partial charge on any atom is 0.363 e. The Hall–Kier alpha value is -3.61. The first-order valence-electron chi connectivity index (χ1n) is 7.75. The van der Waals surface area contributed by atoms with Gasteiger partial charge in [-0.1, -0.05) is 12.1 Å². The van der Waals surface area contributed by atoms with Gasteiger partial charge >= 0.3 is 11.9 Å². The van der Waals surface area contributed by atoms with E-state index in [1.807, 2.05) is 0 Å². The Morgan fingerprint density at radius 3 is 2.65 bits per heavy atom. The lowest BCUT2D eigenvalue weighted by Gasteiger charge is -2.01. The summed E-state index contributed by atoms with van der Waals surface area (Å²) in [5.74, 6) is 0.449. The van der Waals surface area contributed by atoms with Crippen molar-refractivity contribution in [2.75, 3.05) is 13.9 Å². The van der Waals surface area contributed by atoms with Gasteiger partial charge in [0.15, 0.2) is 17.2 Å². The molecular formula is C19H13NO6. The van der Waals surface area contributed by atoms with E-state index in [0.29, 0.717) is 28.2 Å². The van der Waals surface area contributed by atoms with Gasteiger partial charge in [-0.25, -0.2) is 14.6 Å². The van der Waals surface area contributed by atoms with Crippen molar-refractivity contribution in [1.82, 2.24) is 0 Å². The molecule has 26 heavy (non-hydrogen) atoms. The van der Waals surface area contributed by atoms with Crippen molar-refractivity contribution >= 4 is 23.9 Å². The lowest BCUT2D eigenvalue weighted by atomic mass is 10.1. The predicted octanol–water partition coefficient (Wildman–Crippen LogP) is 2.55. The van der Waals surface area contributed by atoms with E-state index in [9.17, 15) is 9.59 Å². The van der Waals surface area contributed by atoms with E-state index in [1.54, 1.807) is 48.5 Å². The van der Waals surface area contributed by atoms with Crippen LogP contribution in [0.25, 0.3) is 6.08 Å². The van der Waals surface area contributed by atoms with Crippen molar-refractivity contribution in [2.24, 2.45) is 4.99 Å². The summed E-state index contributed by atoms with van der Waals surface area (Å²) in [6.45, 7) is 0.164. The Kier molecular flexibility index (Phi) is 3.89. The number of cyclic esters (lactones) is 1. The summed E-state index contributed by atoms with van der Waals surface area (Å²) in [7, 11) is 1.32. The fraction of sp³-hybridized carbons (Fsp3) is 0.105. The van der Waals surface area contributed by atoms with Crippen LogP contribution in [-0.4, -0.2) is 31.7 Å². The number of nitrogens with zero attached hydrogens (tertiary/aromatic N) is 1. The second-order valence-corrected chi connectivity index (χ2v) is 5.52. The molecule has 0 saturated carbocycles. The summed E-state index contributed by atoms with van der Waals surface area (Å²) in [5, 5.41) is 0. The van der Waals surface area contributed by atoms with Crippen molar-refractivity contribution in [3.63, 3.8) is 0 Å². The van der Waals surface area contributed by atoms with E-state index < -0.39 is 11.9 Å². The molecule has 0 N–H and O–H groups in total. The minimum atomic E-state index is -0.547. The Morgan fingerprint density at radius 2 is 1.88 bits per heavy atom. The Morgan fingerprint density at radius 1 is 1.12 bits per heavy atom. The molecule has 0 radical (unpaired) electrons. The third-order valence-electron chi connectivity index (χ3n) is 3.88. The van der Waals surface area contributed by atoms with Crippen molar-refractivity contribution in [3.8, 4) is 11.5 Å². The van der Waals surface area contributed by atoms with E-state index >= 15 is 0 Å². The minimum Gasteiger partial charge on any atom is -0.465 e. The fourth-order valence-electron chi connectivity index (χ4n) is 2.55. The molecule has 2 aliphatic rings. The first-order chi connectivity index (χ1) is 12.6. The van der Waals surface area contributed by atoms with Crippen molar-refractivity contribution in [1.29, 1.82) is 0 Å². The molecule has 7 heteroatoms. The van der Waals surface area contributed by atoms with Crippen LogP contribution < -0.4 is 9.47 Å². The van der Waals surface area contributed by atoms with Crippen LogP contribution in [0, 0.1) is 0 Å². The molecule has 2 aromatic carbocycles. The molecule has 0 spiro atoms. The van der Waals surface area contributed by atoms with Crippen LogP contribution in [-0.2, 0) is 14.3 Å². The van der Waals surface area contributed by atoms with Gasteiger partial charge in [0.2, 0.25) is 12.7 Å². The largest absolute Gasteiger partial charge is 0.465 e. The third-order valence-corrected chi connectivity index (χ3v) is 3.88. The zero-order chi connectivity index (χ0) is 18.1. The molecule has 0 saturated heterocycles. The number of methoxy groups -OCH3 is 1. The van der Waals surface area contributed by atoms with Crippen LogP contribution in [0.2, 0.25) is 0 Å². The van der Waals surface area contributed by atoms with E-state index in [-0.39, 0.29) is 18.4 Å². The molecule has 2 aromatic rings. The van der Waals surface area contributed by atoms with Gasteiger partial charge in [-0.2, -0.15) is 0 Å². The van der Waals surface area contributed by atoms with E-state index in [2.05, 4.69) is 9.73 Å². The molecule has 4 rings (SSSR count). The number of benzene rings is 2. The number of hydrogen-bond donors (Lipinski definition) is 0. The van der Waals surface area contributed by atoms with Gasteiger partial charge in [-0.15, -0.1) is 0 Å². The summed E-state index contributed by atoms with van der Waals surface area (Å²) in [6.07, 6.45) is 1.59.